The fourth-order valence-electron chi connectivity index (χ4n) is 1.79. The molecule has 0 fully saturated rings. The Morgan fingerprint density at radius 1 is 1.33 bits per heavy atom. The zero-order valence-electron chi connectivity index (χ0n) is 11.4. The molecule has 0 aliphatic heterocycles. The molecule has 1 atom stereocenters. The maximum absolute atomic E-state index is 8.65. The molecule has 100 valence electrons. The average Bonchev–Trinajstić information content (AvgIpc) is 2.39. The molecular formula is C14H23N3O. The highest BCUT2D eigenvalue weighted by Crippen LogP contribution is 2.14. The van der Waals surface area contributed by atoms with E-state index in [9.17, 15) is 0 Å². The SMILES string of the molecule is CCC(NCc1ccc(C(C)C)cc1)C(N)=NO. The van der Waals surface area contributed by atoms with Gasteiger partial charge in [0.1, 0.15) is 0 Å². The van der Waals surface area contributed by atoms with Gasteiger partial charge >= 0.3 is 0 Å². The number of rotatable bonds is 6. The van der Waals surface area contributed by atoms with Crippen molar-refractivity contribution < 1.29 is 5.21 Å². The van der Waals surface area contributed by atoms with Crippen molar-refractivity contribution in [3.05, 3.63) is 35.4 Å². The summed E-state index contributed by atoms with van der Waals surface area (Å²) in [5.74, 6) is 0.781. The first-order valence-electron chi connectivity index (χ1n) is 6.38. The lowest BCUT2D eigenvalue weighted by Crippen LogP contribution is -2.40. The molecule has 4 heteroatoms. The first-order chi connectivity index (χ1) is 8.58. The smallest absolute Gasteiger partial charge is 0.156 e. The van der Waals surface area contributed by atoms with Gasteiger partial charge in [0.15, 0.2) is 5.84 Å². The molecule has 4 nitrogen and oxygen atoms in total. The van der Waals surface area contributed by atoms with E-state index in [0.29, 0.717) is 12.5 Å². The molecule has 0 heterocycles. The Balaban J connectivity index is 2.57. The van der Waals surface area contributed by atoms with Crippen LogP contribution in [0.4, 0.5) is 0 Å². The second-order valence-corrected chi connectivity index (χ2v) is 4.76. The van der Waals surface area contributed by atoms with E-state index in [1.54, 1.807) is 0 Å². The van der Waals surface area contributed by atoms with Crippen molar-refractivity contribution in [2.45, 2.75) is 45.7 Å². The number of benzene rings is 1. The highest BCUT2D eigenvalue weighted by molar-refractivity contribution is 5.85. The summed E-state index contributed by atoms with van der Waals surface area (Å²) in [6.07, 6.45) is 0.792. The van der Waals surface area contributed by atoms with Crippen LogP contribution in [0.5, 0.6) is 0 Å². The first kappa shape index (κ1) is 14.5. The van der Waals surface area contributed by atoms with Crippen LogP contribution in [0.15, 0.2) is 29.4 Å². The summed E-state index contributed by atoms with van der Waals surface area (Å²) in [7, 11) is 0. The number of nitrogens with one attached hydrogen (secondary N) is 1. The third-order valence-corrected chi connectivity index (χ3v) is 3.08. The van der Waals surface area contributed by atoms with Crippen molar-refractivity contribution in [2.24, 2.45) is 10.9 Å². The lowest BCUT2D eigenvalue weighted by Gasteiger charge is -2.15. The Labute approximate surface area is 109 Å². The molecule has 0 saturated heterocycles. The number of hydrogen-bond donors (Lipinski definition) is 3. The predicted octanol–water partition coefficient (Wildman–Crippen LogP) is 2.42. The van der Waals surface area contributed by atoms with Crippen LogP contribution >= 0.6 is 0 Å². The zero-order chi connectivity index (χ0) is 13.5. The van der Waals surface area contributed by atoms with Crippen LogP contribution in [0.25, 0.3) is 0 Å². The molecule has 0 radical (unpaired) electrons. The number of hydrogen-bond acceptors (Lipinski definition) is 3. The molecule has 18 heavy (non-hydrogen) atoms. The molecule has 1 unspecified atom stereocenters. The third-order valence-electron chi connectivity index (χ3n) is 3.08. The van der Waals surface area contributed by atoms with E-state index >= 15 is 0 Å². The van der Waals surface area contributed by atoms with Crippen LogP contribution in [0.2, 0.25) is 0 Å². The normalized spacial score (nSPS) is 13.9. The third kappa shape index (κ3) is 4.04. The molecule has 1 aromatic carbocycles. The Morgan fingerprint density at radius 2 is 1.94 bits per heavy atom. The number of nitrogens with zero attached hydrogens (tertiary/aromatic N) is 1. The fraction of sp³-hybridized carbons (Fsp3) is 0.500. The van der Waals surface area contributed by atoms with Gasteiger partial charge in [0.05, 0.1) is 6.04 Å². The highest BCUT2D eigenvalue weighted by Gasteiger charge is 2.10. The van der Waals surface area contributed by atoms with E-state index in [1.807, 2.05) is 6.92 Å². The van der Waals surface area contributed by atoms with Gasteiger partial charge in [-0.2, -0.15) is 0 Å². The van der Waals surface area contributed by atoms with Gasteiger partial charge in [0.2, 0.25) is 0 Å². The summed E-state index contributed by atoms with van der Waals surface area (Å²) in [6.45, 7) is 7.07. The molecule has 0 aliphatic rings. The number of nitrogens with two attached hydrogens (primary N) is 1. The molecule has 0 aliphatic carbocycles. The van der Waals surface area contributed by atoms with Crippen LogP contribution in [-0.4, -0.2) is 17.1 Å². The van der Waals surface area contributed by atoms with Gasteiger partial charge in [0, 0.05) is 6.54 Å². The van der Waals surface area contributed by atoms with Crippen molar-refractivity contribution in [1.82, 2.24) is 5.32 Å². The Morgan fingerprint density at radius 3 is 2.39 bits per heavy atom. The predicted molar refractivity (Wildman–Crippen MR) is 74.9 cm³/mol. The maximum atomic E-state index is 8.65. The fourth-order valence-corrected chi connectivity index (χ4v) is 1.79. The zero-order valence-corrected chi connectivity index (χ0v) is 11.4. The van der Waals surface area contributed by atoms with Gasteiger partial charge in [-0.15, -0.1) is 0 Å². The minimum absolute atomic E-state index is 0.0835. The minimum Gasteiger partial charge on any atom is -0.409 e. The van der Waals surface area contributed by atoms with Crippen molar-refractivity contribution in [3.8, 4) is 0 Å². The highest BCUT2D eigenvalue weighted by atomic mass is 16.4. The summed E-state index contributed by atoms with van der Waals surface area (Å²) in [5.41, 5.74) is 8.13. The van der Waals surface area contributed by atoms with Crippen molar-refractivity contribution in [2.75, 3.05) is 0 Å². The van der Waals surface area contributed by atoms with Crippen molar-refractivity contribution in [3.63, 3.8) is 0 Å². The summed E-state index contributed by atoms with van der Waals surface area (Å²) >= 11 is 0. The molecular weight excluding hydrogens is 226 g/mol. The molecule has 0 spiro atoms. The number of amidine groups is 1. The summed E-state index contributed by atoms with van der Waals surface area (Å²) in [4.78, 5) is 0. The van der Waals surface area contributed by atoms with E-state index in [2.05, 4.69) is 48.6 Å². The Hall–Kier alpha value is -1.55. The van der Waals surface area contributed by atoms with Gasteiger partial charge in [0.25, 0.3) is 0 Å². The van der Waals surface area contributed by atoms with Crippen LogP contribution < -0.4 is 11.1 Å². The maximum Gasteiger partial charge on any atom is 0.156 e. The van der Waals surface area contributed by atoms with Crippen LogP contribution in [0, 0.1) is 0 Å². The Kier molecular flexibility index (Phi) is 5.65. The molecule has 4 N–H and O–H groups in total. The summed E-state index contributed by atoms with van der Waals surface area (Å²) in [5, 5.41) is 15.0. The molecule has 0 amide bonds. The van der Waals surface area contributed by atoms with Gasteiger partial charge in [-0.25, -0.2) is 0 Å². The van der Waals surface area contributed by atoms with Crippen LogP contribution in [0.1, 0.15) is 44.2 Å². The lowest BCUT2D eigenvalue weighted by atomic mass is 10.0. The summed E-state index contributed by atoms with van der Waals surface area (Å²) in [6, 6.07) is 8.43. The molecule has 0 bridgehead atoms. The quantitative estimate of drug-likeness (QED) is 0.314. The van der Waals surface area contributed by atoms with Gasteiger partial charge in [-0.3, -0.25) is 0 Å². The molecule has 1 aromatic rings. The molecule has 0 aromatic heterocycles. The average molecular weight is 249 g/mol. The van der Waals surface area contributed by atoms with Gasteiger partial charge < -0.3 is 16.3 Å². The van der Waals surface area contributed by atoms with Crippen LogP contribution in [0.3, 0.4) is 0 Å². The van der Waals surface area contributed by atoms with E-state index in [0.717, 1.165) is 6.42 Å². The Bertz CT molecular complexity index is 385. The van der Waals surface area contributed by atoms with E-state index in [4.69, 9.17) is 10.9 Å². The van der Waals surface area contributed by atoms with Crippen molar-refractivity contribution in [1.29, 1.82) is 0 Å². The molecule has 1 rings (SSSR count). The van der Waals surface area contributed by atoms with E-state index in [1.165, 1.54) is 11.1 Å². The van der Waals surface area contributed by atoms with E-state index in [-0.39, 0.29) is 11.9 Å². The lowest BCUT2D eigenvalue weighted by molar-refractivity contribution is 0.314. The monoisotopic (exact) mass is 249 g/mol. The second-order valence-electron chi connectivity index (χ2n) is 4.76. The summed E-state index contributed by atoms with van der Waals surface area (Å²) < 4.78 is 0. The second kappa shape index (κ2) is 7.01. The van der Waals surface area contributed by atoms with E-state index < -0.39 is 0 Å². The van der Waals surface area contributed by atoms with Crippen molar-refractivity contribution >= 4 is 5.84 Å². The van der Waals surface area contributed by atoms with Gasteiger partial charge in [-0.1, -0.05) is 50.2 Å². The largest absolute Gasteiger partial charge is 0.409 e. The molecule has 0 saturated carbocycles. The topological polar surface area (TPSA) is 70.6 Å². The first-order valence-corrected chi connectivity index (χ1v) is 6.38. The number of oxime groups is 1. The van der Waals surface area contributed by atoms with Crippen LogP contribution in [-0.2, 0) is 6.54 Å². The standard InChI is InChI=1S/C14H23N3O/c1-4-13(14(15)17-18)16-9-11-5-7-12(8-6-11)10(2)3/h5-8,10,13,16,18H,4,9H2,1-3H3,(H2,15,17). The minimum atomic E-state index is -0.0835. The van der Waals surface area contributed by atoms with Gasteiger partial charge in [-0.05, 0) is 23.5 Å².